The van der Waals surface area contributed by atoms with Gasteiger partial charge >= 0.3 is 11.7 Å². The molecule has 2 fully saturated rings. The van der Waals surface area contributed by atoms with Gasteiger partial charge in [0.15, 0.2) is 0 Å². The number of carbonyl (C=O) groups is 3. The quantitative estimate of drug-likeness (QED) is 0.482. The van der Waals surface area contributed by atoms with E-state index in [0.717, 1.165) is 12.8 Å². The highest BCUT2D eigenvalue weighted by atomic mass is 16.5. The summed E-state index contributed by atoms with van der Waals surface area (Å²) in [7, 11) is 0. The summed E-state index contributed by atoms with van der Waals surface area (Å²) in [6, 6.07) is -0.880. The van der Waals surface area contributed by atoms with Crippen LogP contribution in [0.15, 0.2) is 9.59 Å². The highest BCUT2D eigenvalue weighted by molar-refractivity contribution is 6.16. The van der Waals surface area contributed by atoms with Gasteiger partial charge in [-0.15, -0.1) is 0 Å². The molecule has 10 nitrogen and oxygen atoms in total. The van der Waals surface area contributed by atoms with Crippen LogP contribution in [0.25, 0.3) is 0 Å². The first kappa shape index (κ1) is 15.6. The Labute approximate surface area is 140 Å². The molecule has 0 radical (unpaired) electrons. The molecule has 132 valence electrons. The Morgan fingerprint density at radius 2 is 1.56 bits per heavy atom. The van der Waals surface area contributed by atoms with Crippen molar-refractivity contribution >= 4 is 17.8 Å². The lowest BCUT2D eigenvalue weighted by Gasteiger charge is -2.43. The molecular weight excluding hydrogens is 332 g/mol. The number of aromatic nitrogens is 2. The van der Waals surface area contributed by atoms with Crippen molar-refractivity contribution in [2.45, 2.75) is 37.7 Å². The van der Waals surface area contributed by atoms with Gasteiger partial charge in [0, 0.05) is 11.8 Å². The molecule has 10 heteroatoms. The first-order valence-electron chi connectivity index (χ1n) is 8.14. The Bertz CT molecular complexity index is 867. The average molecular weight is 348 g/mol. The first-order chi connectivity index (χ1) is 12.0. The van der Waals surface area contributed by atoms with Crippen LogP contribution in [0, 0.1) is 11.8 Å². The van der Waals surface area contributed by atoms with Crippen LogP contribution >= 0.6 is 0 Å². The molecule has 0 aromatic carbocycles. The van der Waals surface area contributed by atoms with Gasteiger partial charge in [-0.2, -0.15) is 0 Å². The first-order valence-corrected chi connectivity index (χ1v) is 8.14. The third-order valence-corrected chi connectivity index (χ3v) is 5.16. The molecule has 1 aromatic heterocycles. The molecule has 1 aliphatic carbocycles. The van der Waals surface area contributed by atoms with Crippen LogP contribution in [-0.4, -0.2) is 33.9 Å². The molecule has 3 atom stereocenters. The van der Waals surface area contributed by atoms with E-state index in [4.69, 9.17) is 4.74 Å². The van der Waals surface area contributed by atoms with E-state index >= 15 is 0 Å². The molecule has 1 saturated heterocycles. The second-order valence-corrected chi connectivity index (χ2v) is 6.57. The fraction of sp³-hybridized carbons (Fsp3) is 0.533. The normalized spacial score (nSPS) is 29.1. The van der Waals surface area contributed by atoms with Crippen LogP contribution in [0.2, 0.25) is 0 Å². The minimum absolute atomic E-state index is 0.000556. The van der Waals surface area contributed by atoms with Crippen molar-refractivity contribution in [2.24, 2.45) is 11.8 Å². The molecule has 3 aliphatic rings. The molecule has 1 aromatic rings. The smallest absolute Gasteiger partial charge is 0.328 e. The van der Waals surface area contributed by atoms with Gasteiger partial charge in [0.25, 0.3) is 5.56 Å². The topological polar surface area (TPSA) is 150 Å². The van der Waals surface area contributed by atoms with Gasteiger partial charge < -0.3 is 4.74 Å². The highest BCUT2D eigenvalue weighted by Crippen LogP contribution is 2.47. The summed E-state index contributed by atoms with van der Waals surface area (Å²) in [5.41, 5.74) is -1.33. The van der Waals surface area contributed by atoms with Gasteiger partial charge in [-0.1, -0.05) is 6.42 Å². The Balaban J connectivity index is 1.88. The minimum Gasteiger partial charge on any atom is -0.475 e. The third-order valence-electron chi connectivity index (χ3n) is 5.16. The molecule has 2 aliphatic heterocycles. The molecule has 1 saturated carbocycles. The van der Waals surface area contributed by atoms with Crippen LogP contribution < -0.4 is 26.6 Å². The molecule has 4 amide bonds. The summed E-state index contributed by atoms with van der Waals surface area (Å²) >= 11 is 0. The van der Waals surface area contributed by atoms with Crippen molar-refractivity contribution in [3.8, 4) is 5.88 Å². The predicted molar refractivity (Wildman–Crippen MR) is 82.0 cm³/mol. The maximum Gasteiger partial charge on any atom is 0.328 e. The number of aromatic amines is 2. The number of urea groups is 1. The zero-order valence-electron chi connectivity index (χ0n) is 13.1. The summed E-state index contributed by atoms with van der Waals surface area (Å²) in [5, 5.41) is 4.16. The minimum atomic E-state index is -1.24. The van der Waals surface area contributed by atoms with Gasteiger partial charge in [0.05, 0.1) is 5.56 Å². The van der Waals surface area contributed by atoms with E-state index < -0.39 is 40.9 Å². The summed E-state index contributed by atoms with van der Waals surface area (Å²) in [5.74, 6) is -3.74. The van der Waals surface area contributed by atoms with E-state index in [9.17, 15) is 24.0 Å². The Morgan fingerprint density at radius 1 is 0.880 bits per heavy atom. The Morgan fingerprint density at radius 3 is 2.28 bits per heavy atom. The molecule has 3 heterocycles. The number of ether oxygens (including phenoxy) is 1. The van der Waals surface area contributed by atoms with Crippen LogP contribution in [-0.2, 0) is 9.59 Å². The lowest BCUT2D eigenvalue weighted by atomic mass is 9.67. The number of barbiturate groups is 1. The summed E-state index contributed by atoms with van der Waals surface area (Å²) < 4.78 is 5.80. The second-order valence-electron chi connectivity index (χ2n) is 6.57. The number of imide groups is 2. The van der Waals surface area contributed by atoms with Gasteiger partial charge in [-0.05, 0) is 19.3 Å². The molecular formula is C15H16N4O6. The Kier molecular flexibility index (Phi) is 3.48. The van der Waals surface area contributed by atoms with E-state index in [1.807, 2.05) is 0 Å². The highest BCUT2D eigenvalue weighted by Gasteiger charge is 2.51. The van der Waals surface area contributed by atoms with Crippen molar-refractivity contribution in [1.29, 1.82) is 0 Å². The molecule has 0 bridgehead atoms. The van der Waals surface area contributed by atoms with Crippen molar-refractivity contribution in [3.63, 3.8) is 0 Å². The Hall–Kier alpha value is -2.91. The summed E-state index contributed by atoms with van der Waals surface area (Å²) in [6.45, 7) is 0. The van der Waals surface area contributed by atoms with Gasteiger partial charge in [-0.25, -0.2) is 9.59 Å². The molecule has 25 heavy (non-hydrogen) atoms. The maximum absolute atomic E-state index is 12.4. The van der Waals surface area contributed by atoms with E-state index in [2.05, 4.69) is 20.6 Å². The summed E-state index contributed by atoms with van der Waals surface area (Å²) in [4.78, 5) is 64.6. The van der Waals surface area contributed by atoms with E-state index in [1.54, 1.807) is 0 Å². The second kappa shape index (κ2) is 5.57. The third kappa shape index (κ3) is 2.44. The van der Waals surface area contributed by atoms with E-state index in [-0.39, 0.29) is 23.5 Å². The number of amides is 4. The van der Waals surface area contributed by atoms with Gasteiger partial charge in [-0.3, -0.25) is 35.0 Å². The number of fused-ring (bicyclic) bond motifs is 2. The fourth-order valence-electron chi connectivity index (χ4n) is 4.19. The zero-order chi connectivity index (χ0) is 17.7. The maximum atomic E-state index is 12.4. The van der Waals surface area contributed by atoms with Crippen LogP contribution in [0.4, 0.5) is 4.79 Å². The van der Waals surface area contributed by atoms with Crippen molar-refractivity contribution in [2.75, 3.05) is 0 Å². The van der Waals surface area contributed by atoms with Crippen molar-refractivity contribution in [3.05, 3.63) is 26.4 Å². The molecule has 0 spiro atoms. The number of hydrogen-bond donors (Lipinski definition) is 4. The number of rotatable bonds is 1. The SMILES string of the molecule is O=C1NC(=O)C([C@@H]2c3c([nH]c(=O)[nH]c3=O)O[C@H]3CCCC[C@H]32)C(=O)N1. The molecule has 0 unspecified atom stereocenters. The average Bonchev–Trinajstić information content (AvgIpc) is 2.52. The number of H-pyrrole nitrogens is 2. The fourth-order valence-corrected chi connectivity index (χ4v) is 4.19. The van der Waals surface area contributed by atoms with Gasteiger partial charge in [0.1, 0.15) is 12.0 Å². The summed E-state index contributed by atoms with van der Waals surface area (Å²) in [6.07, 6.45) is 2.87. The van der Waals surface area contributed by atoms with Crippen molar-refractivity contribution in [1.82, 2.24) is 20.6 Å². The van der Waals surface area contributed by atoms with Crippen LogP contribution in [0.5, 0.6) is 5.88 Å². The van der Waals surface area contributed by atoms with Crippen LogP contribution in [0.3, 0.4) is 0 Å². The number of nitrogens with one attached hydrogen (secondary N) is 4. The number of hydrogen-bond acceptors (Lipinski definition) is 6. The number of carbonyl (C=O) groups excluding carboxylic acids is 3. The largest absolute Gasteiger partial charge is 0.475 e. The van der Waals surface area contributed by atoms with Crippen molar-refractivity contribution < 1.29 is 19.1 Å². The van der Waals surface area contributed by atoms with Gasteiger partial charge in [0.2, 0.25) is 17.7 Å². The van der Waals surface area contributed by atoms with Crippen LogP contribution in [0.1, 0.15) is 37.2 Å². The standard InChI is InChI=1S/C15H16N4O6/c20-10-8(11(21)17-14(23)16-10)7-5-3-1-2-4-6(5)25-13-9(7)12(22)18-15(24)19-13/h5-8H,1-4H2,(H2,18,19,22,24)(H2,16,17,20,21,23)/t5-,6+,7-/m1/s1. The predicted octanol–water partition coefficient (Wildman–Crippen LogP) is -0.920. The monoisotopic (exact) mass is 348 g/mol. The zero-order valence-corrected chi connectivity index (χ0v) is 13.1. The van der Waals surface area contributed by atoms with E-state index in [0.29, 0.717) is 12.8 Å². The molecule has 4 rings (SSSR count). The van der Waals surface area contributed by atoms with E-state index in [1.165, 1.54) is 0 Å². The lowest BCUT2D eigenvalue weighted by Crippen LogP contribution is -2.60. The lowest BCUT2D eigenvalue weighted by molar-refractivity contribution is -0.138. The molecule has 4 N–H and O–H groups in total.